The molecule has 129 heavy (non-hydrogen) atoms. The van der Waals surface area contributed by atoms with Gasteiger partial charge in [-0.2, -0.15) is 0 Å². The van der Waals surface area contributed by atoms with E-state index in [4.69, 9.17) is 33.7 Å². The van der Waals surface area contributed by atoms with Gasteiger partial charge in [-0.3, -0.25) is 47.7 Å². The summed E-state index contributed by atoms with van der Waals surface area (Å²) < 4.78 is 23.0. The van der Waals surface area contributed by atoms with Crippen LogP contribution in [0.15, 0.2) is 115 Å². The summed E-state index contributed by atoms with van der Waals surface area (Å²) in [6.07, 6.45) is 40.9. The molecule has 5 fully saturated rings. The number of Topliss-reactive ketones (excluding diaryl/α,β-unsaturated/α-hetero) is 1. The van der Waals surface area contributed by atoms with Crippen LogP contribution in [0, 0.1) is 30.6 Å². The predicted octanol–water partition coefficient (Wildman–Crippen LogP) is 21.1. The first-order valence-electron chi connectivity index (χ1n) is 42.5. The zero-order chi connectivity index (χ0) is 91.3. The molecule has 16 rings (SSSR count). The molecular formula is C96H125Cl4N14O14P. The van der Waals surface area contributed by atoms with Crippen molar-refractivity contribution in [2.75, 3.05) is 56.1 Å². The first-order valence-corrected chi connectivity index (χ1v) is 47.3. The number of carbonyl (C=O) groups is 8. The van der Waals surface area contributed by atoms with Gasteiger partial charge >= 0.3 is 29.1 Å². The minimum absolute atomic E-state index is 0. The highest BCUT2D eigenvalue weighted by molar-refractivity contribution is 8.24. The highest BCUT2D eigenvalue weighted by Gasteiger charge is 2.32. The summed E-state index contributed by atoms with van der Waals surface area (Å²) in [4.78, 5) is 141. The molecule has 1 amide bonds. The first kappa shape index (κ1) is 109. The summed E-state index contributed by atoms with van der Waals surface area (Å²) in [7, 11) is 4.23. The standard InChI is InChI=1S/C25H32N4O3.C17H24N2O2.C11H9ClN2.C11H14N2O2.C11H10N2O.C6H6N2O.C6H10O2.C6H8O2.3CH4.Cl3OP/c1-16-27-14-20(15-28-16)19(13-24(31)32)11-21(30)6-2-3-7-23-22(17-8-9-17)12-18-5-4-10-26-25(18)29-23;1-21-16(20)7-3-2-6-15-14(12-8-9-12)11-13-5-4-10-18-17(13)19-15;12-10-9(7-3-4-7)6-8-2-1-5-13-11(8)14-10;1-11(2,3)10(15)13-9-8(7-14)5-4-6-12-9;14-11-9(7-3-4-7)6-8-2-1-5-12-10(8)13-11;7-6-5(4-9)2-1-3-8-6;1-8-6(7)4-5-2-3-5;1-3-4-5-6(7)8-2;;;;1-5(2,3)4/h12,14-15,17,19H,2-11,13H2,1H3,(H,26,29)(H,31,32);11-12H,2-10H2,1H3,(H,18,19);1-2,5-7H,3-4H2;4-7H,1-3H3,(H,12,13,15);1-2,5-7H,3-4H2,(H,12,13,14);1-4H,(H2,7,8);5H,2-4H2,1H3;1H,4-5H2,2H3;3*1H4;. The summed E-state index contributed by atoms with van der Waals surface area (Å²) >= 11 is 19.9. The van der Waals surface area contributed by atoms with E-state index in [9.17, 15) is 52.8 Å². The summed E-state index contributed by atoms with van der Waals surface area (Å²) in [5, 5.41) is 18.2. The maximum Gasteiger partial charge on any atom is 0.339 e. The Hall–Kier alpha value is -10.7. The molecule has 5 saturated carbocycles. The number of hydrogen-bond donors (Lipinski definition) is 6. The van der Waals surface area contributed by atoms with Crippen LogP contribution in [-0.2, 0) is 73.2 Å². The Morgan fingerprint density at radius 1 is 0.620 bits per heavy atom. The van der Waals surface area contributed by atoms with Crippen LogP contribution in [0.5, 0.6) is 0 Å². The zero-order valence-electron chi connectivity index (χ0n) is 72.4. The number of methoxy groups -OCH3 is 3. The number of halogens is 4. The number of carboxylic acid groups (broad SMARTS) is 1. The molecule has 1 atom stereocenters. The lowest BCUT2D eigenvalue weighted by atomic mass is 9.91. The van der Waals surface area contributed by atoms with Gasteiger partial charge in [0, 0.05) is 121 Å². The number of unbranched alkanes of at least 4 members (excludes halogenated alkanes) is 2. The number of esters is 3. The number of carboxylic acids is 1. The largest absolute Gasteiger partial charge is 0.481 e. The van der Waals surface area contributed by atoms with E-state index in [1.54, 1.807) is 82.9 Å². The quantitative estimate of drug-likeness (QED) is 0.00558. The minimum Gasteiger partial charge on any atom is -0.481 e. The Balaban J connectivity index is 0.000000269. The summed E-state index contributed by atoms with van der Waals surface area (Å²) in [5.41, 5.74) is 17.9. The van der Waals surface area contributed by atoms with Crippen LogP contribution in [0.2, 0.25) is 5.15 Å². The van der Waals surface area contributed by atoms with Gasteiger partial charge in [-0.05, 0) is 293 Å². The molecule has 11 heterocycles. The van der Waals surface area contributed by atoms with Crippen molar-refractivity contribution in [3.05, 3.63) is 193 Å². The zero-order valence-corrected chi connectivity index (χ0v) is 76.3. The third-order valence-corrected chi connectivity index (χ3v) is 21.4. The highest BCUT2D eigenvalue weighted by Crippen LogP contribution is 2.61. The van der Waals surface area contributed by atoms with Gasteiger partial charge in [0.25, 0.3) is 5.56 Å². The summed E-state index contributed by atoms with van der Waals surface area (Å²) in [6, 6.07) is 23.2. The number of nitrogens with zero attached hydrogens (tertiary/aromatic N) is 9. The number of rotatable bonds is 26. The molecular weight excluding hydrogens is 1750 g/mol. The predicted molar refractivity (Wildman–Crippen MR) is 512 cm³/mol. The van der Waals surface area contributed by atoms with Crippen molar-refractivity contribution in [3.63, 3.8) is 0 Å². The van der Waals surface area contributed by atoms with Gasteiger partial charge in [-0.15, -0.1) is 12.3 Å². The fourth-order valence-electron chi connectivity index (χ4n) is 13.4. The molecule has 0 saturated heterocycles. The minimum atomic E-state index is -3.22. The Labute approximate surface area is 776 Å². The average molecular weight is 1870 g/mol. The number of anilines is 4. The van der Waals surface area contributed by atoms with Gasteiger partial charge in [-0.1, -0.05) is 66.8 Å². The normalized spacial score (nSPS) is 14.2. The van der Waals surface area contributed by atoms with E-state index in [-0.39, 0.29) is 82.0 Å². The average Bonchev–Trinajstić information content (AvgIpc) is 1.60. The second-order valence-corrected chi connectivity index (χ2v) is 39.5. The fraction of sp³-hybridized carbons (Fsp3) is 0.479. The lowest BCUT2D eigenvalue weighted by Crippen LogP contribution is -2.28. The molecule has 9 aromatic rings. The number of aryl methyl sites for hydroxylation is 5. The fourth-order valence-corrected chi connectivity index (χ4v) is 13.6. The van der Waals surface area contributed by atoms with E-state index in [0.29, 0.717) is 107 Å². The van der Waals surface area contributed by atoms with Crippen molar-refractivity contribution in [1.29, 1.82) is 0 Å². The van der Waals surface area contributed by atoms with Crippen molar-refractivity contribution in [2.45, 2.75) is 253 Å². The number of hydrogen-bond acceptors (Lipinski definition) is 25. The third kappa shape index (κ3) is 39.7. The van der Waals surface area contributed by atoms with Crippen LogP contribution in [-0.4, -0.2) is 138 Å². The maximum absolute atomic E-state index is 12.6. The molecule has 0 bridgehead atoms. The topological polar surface area (TPSA) is 413 Å². The Morgan fingerprint density at radius 2 is 1.10 bits per heavy atom. The molecule has 2 aliphatic heterocycles. The third-order valence-electron chi connectivity index (χ3n) is 21.1. The lowest BCUT2D eigenvalue weighted by molar-refractivity contribution is -0.141. The van der Waals surface area contributed by atoms with Crippen molar-refractivity contribution in [3.8, 4) is 12.3 Å². The number of terminal acetylenes is 1. The van der Waals surface area contributed by atoms with Crippen molar-refractivity contribution in [2.24, 2.45) is 11.3 Å². The molecule has 696 valence electrons. The lowest BCUT2D eigenvalue weighted by Gasteiger charge is -2.20. The highest BCUT2D eigenvalue weighted by atomic mass is 36.0. The Kier molecular flexibility index (Phi) is 46.7. The van der Waals surface area contributed by atoms with Gasteiger partial charge in [0.15, 0.2) is 18.2 Å². The van der Waals surface area contributed by atoms with Gasteiger partial charge in [0.1, 0.15) is 45.7 Å². The number of aldehydes is 2. The number of fused-ring (bicyclic) bond motifs is 4. The monoisotopic (exact) mass is 1870 g/mol. The van der Waals surface area contributed by atoms with Crippen LogP contribution < -0.4 is 27.2 Å². The van der Waals surface area contributed by atoms with Crippen LogP contribution in [0.3, 0.4) is 0 Å². The molecule has 9 aromatic heterocycles. The second kappa shape index (κ2) is 55.4. The number of aromatic nitrogens is 10. The number of aromatic amines is 1. The number of pyridine rings is 8. The second-order valence-electron chi connectivity index (χ2n) is 32.5. The van der Waals surface area contributed by atoms with E-state index in [2.05, 4.69) is 128 Å². The van der Waals surface area contributed by atoms with Crippen molar-refractivity contribution < 1.29 is 62.2 Å². The molecule has 33 heteroatoms. The Morgan fingerprint density at radius 3 is 1.60 bits per heavy atom. The van der Waals surface area contributed by atoms with Gasteiger partial charge in [0.2, 0.25) is 5.91 Å². The van der Waals surface area contributed by atoms with Crippen LogP contribution in [0.1, 0.15) is 297 Å². The number of carbonyl (C=O) groups excluding carboxylic acids is 7. The van der Waals surface area contributed by atoms with Crippen LogP contribution >= 0.6 is 50.5 Å². The van der Waals surface area contributed by atoms with Gasteiger partial charge in [-0.25, -0.2) is 44.9 Å². The molecule has 28 nitrogen and oxygen atoms in total. The number of aliphatic carboxylic acids is 1. The SMILES string of the molecule is C.C.C.C#CCCC(=O)OC.CC(C)(C)C(=O)Nc1ncccc1C=O.COC(=O)CC1CC1.COC(=O)CCCCc1nc2c(cc1C1CC1)CCCN2.Cc1ncc(C(CC(=O)O)CC(=O)CCCCc2nc3c(cc2C2CC2)CCCN3)cn1.Clc1nc2ncccc2cc1C1CC1.Nc1ncccc1C=O.O=P(Cl)(Cl)Cl.O=c1[nH]c2ncccc2cc1C1CC1. The number of ketones is 1. The van der Waals surface area contributed by atoms with Crippen LogP contribution in [0.25, 0.3) is 22.1 Å². The number of nitrogens with one attached hydrogen (secondary N) is 4. The number of nitrogens with two attached hydrogens (primary N) is 1. The maximum atomic E-state index is 12.6. The number of nitrogen functional groups attached to an aromatic ring is 1. The molecule has 7 aliphatic rings. The van der Waals surface area contributed by atoms with E-state index in [0.717, 1.165) is 123 Å². The first-order chi connectivity index (χ1) is 60.4. The van der Waals surface area contributed by atoms with Crippen molar-refractivity contribution >= 4 is 144 Å². The van der Waals surface area contributed by atoms with Gasteiger partial charge in [0.05, 0.1) is 45.3 Å². The smallest absolute Gasteiger partial charge is 0.339 e. The summed E-state index contributed by atoms with van der Waals surface area (Å²) in [5.74, 6) is 7.10. The Bertz CT molecular complexity index is 5310. The van der Waals surface area contributed by atoms with E-state index in [1.807, 2.05) is 30.3 Å². The van der Waals surface area contributed by atoms with Crippen molar-refractivity contribution in [1.82, 2.24) is 49.8 Å². The van der Waals surface area contributed by atoms with E-state index in [1.165, 1.54) is 125 Å². The van der Waals surface area contributed by atoms with E-state index < -0.39 is 16.6 Å². The van der Waals surface area contributed by atoms with E-state index >= 15 is 0 Å². The molecule has 0 spiro atoms. The molecule has 0 radical (unpaired) electrons. The number of amides is 1. The molecule has 5 aliphatic carbocycles. The molecule has 0 aromatic carbocycles. The number of ether oxygens (including phenoxy) is 3. The summed E-state index contributed by atoms with van der Waals surface area (Å²) in [6.45, 7) is 9.19. The number of H-pyrrole nitrogens is 1. The van der Waals surface area contributed by atoms with Gasteiger partial charge < -0.3 is 46.0 Å². The van der Waals surface area contributed by atoms with Crippen LogP contribution in [0.4, 0.5) is 23.3 Å². The molecule has 7 N–H and O–H groups in total. The molecule has 1 unspecified atom stereocenters.